The number of sulfone groups is 1. The van der Waals surface area contributed by atoms with Crippen LogP contribution in [0.15, 0.2) is 59.6 Å². The van der Waals surface area contributed by atoms with Crippen molar-refractivity contribution in [2.24, 2.45) is 0 Å². The molecule has 0 aliphatic carbocycles. The van der Waals surface area contributed by atoms with Crippen LogP contribution in [0.4, 0.5) is 13.2 Å². The highest BCUT2D eigenvalue weighted by Crippen LogP contribution is 2.33. The van der Waals surface area contributed by atoms with E-state index < -0.39 is 27.3 Å². The van der Waals surface area contributed by atoms with Gasteiger partial charge in [-0.3, -0.25) is 0 Å². The minimum absolute atomic E-state index is 0.103. The Morgan fingerprint density at radius 2 is 1.86 bits per heavy atom. The second-order valence-corrected chi connectivity index (χ2v) is 8.19. The monoisotopic (exact) mass is 425 g/mol. The van der Waals surface area contributed by atoms with Gasteiger partial charge in [0, 0.05) is 6.61 Å². The van der Waals surface area contributed by atoms with Crippen molar-refractivity contribution in [1.29, 1.82) is 0 Å². The van der Waals surface area contributed by atoms with Crippen LogP contribution >= 0.6 is 0 Å². The molecule has 154 valence electrons. The largest absolute Gasteiger partial charge is 0.416 e. The van der Waals surface area contributed by atoms with Gasteiger partial charge in [0.2, 0.25) is 0 Å². The number of alkyl halides is 3. The molecule has 0 saturated carbocycles. The Morgan fingerprint density at radius 1 is 1.10 bits per heavy atom. The number of ether oxygens (including phenoxy) is 1. The van der Waals surface area contributed by atoms with E-state index in [9.17, 15) is 21.6 Å². The first kappa shape index (κ1) is 21.0. The molecule has 0 aliphatic rings. The van der Waals surface area contributed by atoms with Gasteiger partial charge in [-0.25, -0.2) is 13.1 Å². The molecule has 0 unspecified atom stereocenters. The minimum Gasteiger partial charge on any atom is -0.375 e. The molecule has 1 heterocycles. The summed E-state index contributed by atoms with van der Waals surface area (Å²) in [5.41, 5.74) is -0.272. The lowest BCUT2D eigenvalue weighted by atomic mass is 10.1. The lowest BCUT2D eigenvalue weighted by molar-refractivity contribution is -0.138. The van der Waals surface area contributed by atoms with Crippen LogP contribution in [0.3, 0.4) is 0 Å². The van der Waals surface area contributed by atoms with E-state index in [4.69, 9.17) is 4.74 Å². The Morgan fingerprint density at radius 3 is 2.59 bits per heavy atom. The predicted octanol–water partition coefficient (Wildman–Crippen LogP) is 3.80. The minimum atomic E-state index is -4.63. The summed E-state index contributed by atoms with van der Waals surface area (Å²) in [6, 6.07) is 10.5. The summed E-state index contributed by atoms with van der Waals surface area (Å²) in [4.78, 5) is -0.103. The van der Waals surface area contributed by atoms with Gasteiger partial charge >= 0.3 is 6.18 Å². The van der Waals surface area contributed by atoms with Gasteiger partial charge in [-0.1, -0.05) is 29.5 Å². The van der Waals surface area contributed by atoms with Crippen LogP contribution in [0, 0.1) is 0 Å². The molecule has 0 atom stereocenters. The van der Waals surface area contributed by atoms with Crippen LogP contribution in [0.25, 0.3) is 5.69 Å². The van der Waals surface area contributed by atoms with Gasteiger partial charge in [-0.2, -0.15) is 13.2 Å². The Kier molecular flexibility index (Phi) is 6.04. The number of halogens is 3. The van der Waals surface area contributed by atoms with Crippen LogP contribution in [-0.2, 0) is 33.1 Å². The SMILES string of the molecule is CCOCc1cn(-c2cccc(S(=O)(=O)Cc3ccccc3C(F)(F)F)c2)nn1. The van der Waals surface area contributed by atoms with Crippen LogP contribution in [0.2, 0.25) is 0 Å². The third-order valence-corrected chi connectivity index (χ3v) is 5.77. The fraction of sp³-hybridized carbons (Fsp3) is 0.263. The average molecular weight is 425 g/mol. The maximum Gasteiger partial charge on any atom is 0.416 e. The molecule has 10 heteroatoms. The van der Waals surface area contributed by atoms with Gasteiger partial charge in [0.15, 0.2) is 9.84 Å². The zero-order valence-corrected chi connectivity index (χ0v) is 16.2. The number of rotatable bonds is 7. The number of hydrogen-bond donors (Lipinski definition) is 0. The van der Waals surface area contributed by atoms with Crippen molar-refractivity contribution in [2.45, 2.75) is 30.4 Å². The van der Waals surface area contributed by atoms with Crippen molar-refractivity contribution >= 4 is 9.84 Å². The van der Waals surface area contributed by atoms with E-state index in [1.807, 2.05) is 6.92 Å². The first-order valence-corrected chi connectivity index (χ1v) is 10.3. The molecule has 0 aliphatic heterocycles. The average Bonchev–Trinajstić information content (AvgIpc) is 3.15. The number of nitrogens with zero attached hydrogens (tertiary/aromatic N) is 3. The molecule has 1 aromatic heterocycles. The first-order chi connectivity index (χ1) is 13.7. The zero-order chi connectivity index (χ0) is 21.1. The molecule has 0 spiro atoms. The summed E-state index contributed by atoms with van der Waals surface area (Å²) in [7, 11) is -4.02. The van der Waals surface area contributed by atoms with Crippen molar-refractivity contribution in [2.75, 3.05) is 6.61 Å². The summed E-state index contributed by atoms with van der Waals surface area (Å²) in [6.07, 6.45) is -3.04. The fourth-order valence-electron chi connectivity index (χ4n) is 2.73. The molecular weight excluding hydrogens is 407 g/mol. The molecule has 0 amide bonds. The maximum absolute atomic E-state index is 13.2. The molecule has 2 aromatic carbocycles. The van der Waals surface area contributed by atoms with Crippen molar-refractivity contribution in [3.05, 3.63) is 71.5 Å². The number of hydrogen-bond acceptors (Lipinski definition) is 5. The fourth-order valence-corrected chi connectivity index (χ4v) is 4.14. The van der Waals surface area contributed by atoms with Gasteiger partial charge in [-0.05, 0) is 36.8 Å². The smallest absolute Gasteiger partial charge is 0.375 e. The van der Waals surface area contributed by atoms with Crippen molar-refractivity contribution in [1.82, 2.24) is 15.0 Å². The third-order valence-electron chi connectivity index (χ3n) is 4.10. The van der Waals surface area contributed by atoms with Crippen LogP contribution in [0.1, 0.15) is 23.7 Å². The summed E-state index contributed by atoms with van der Waals surface area (Å²) in [6.45, 7) is 2.62. The molecule has 0 N–H and O–H groups in total. The third kappa shape index (κ3) is 5.01. The summed E-state index contributed by atoms with van der Waals surface area (Å²) in [5, 5.41) is 7.88. The van der Waals surface area contributed by atoms with E-state index in [0.29, 0.717) is 18.0 Å². The molecular formula is C19H18F3N3O3S. The lowest BCUT2D eigenvalue weighted by Gasteiger charge is -2.13. The molecule has 3 rings (SSSR count). The highest BCUT2D eigenvalue weighted by molar-refractivity contribution is 7.90. The Labute approximate surface area is 165 Å². The van der Waals surface area contributed by atoms with Crippen LogP contribution in [-0.4, -0.2) is 30.0 Å². The topological polar surface area (TPSA) is 74.1 Å². The molecule has 0 fully saturated rings. The van der Waals surface area contributed by atoms with E-state index in [2.05, 4.69) is 10.3 Å². The van der Waals surface area contributed by atoms with Gasteiger partial charge in [0.1, 0.15) is 5.69 Å². The van der Waals surface area contributed by atoms with Crippen molar-refractivity contribution in [3.8, 4) is 5.69 Å². The van der Waals surface area contributed by atoms with Crippen molar-refractivity contribution in [3.63, 3.8) is 0 Å². The Bertz CT molecular complexity index is 1100. The van der Waals surface area contributed by atoms with E-state index in [0.717, 1.165) is 6.07 Å². The molecule has 29 heavy (non-hydrogen) atoms. The number of benzene rings is 2. The van der Waals surface area contributed by atoms with Gasteiger partial charge < -0.3 is 4.74 Å². The summed E-state index contributed by atoms with van der Waals surface area (Å²) >= 11 is 0. The second-order valence-electron chi connectivity index (χ2n) is 6.20. The van der Waals surface area contributed by atoms with Gasteiger partial charge in [-0.15, -0.1) is 5.10 Å². The molecule has 0 radical (unpaired) electrons. The summed E-state index contributed by atoms with van der Waals surface area (Å²) < 4.78 is 71.7. The van der Waals surface area contributed by atoms with Gasteiger partial charge in [0.25, 0.3) is 0 Å². The Hall–Kier alpha value is -2.72. The highest BCUT2D eigenvalue weighted by Gasteiger charge is 2.34. The van der Waals surface area contributed by atoms with Crippen LogP contribution < -0.4 is 0 Å². The van der Waals surface area contributed by atoms with E-state index in [1.165, 1.54) is 41.1 Å². The van der Waals surface area contributed by atoms with E-state index in [1.54, 1.807) is 12.3 Å². The second kappa shape index (κ2) is 8.34. The standard InChI is InChI=1S/C19H18F3N3O3S/c1-2-28-12-15-11-25(24-23-15)16-7-5-8-17(10-16)29(26,27)13-14-6-3-4-9-18(14)19(20,21)22/h3-11H,2,12-13H2,1H3. The predicted molar refractivity (Wildman–Crippen MR) is 99.0 cm³/mol. The summed E-state index contributed by atoms with van der Waals surface area (Å²) in [5.74, 6) is -0.765. The highest BCUT2D eigenvalue weighted by atomic mass is 32.2. The number of aromatic nitrogens is 3. The zero-order valence-electron chi connectivity index (χ0n) is 15.4. The van der Waals surface area contributed by atoms with Crippen LogP contribution in [0.5, 0.6) is 0 Å². The quantitative estimate of drug-likeness (QED) is 0.576. The Balaban J connectivity index is 1.89. The van der Waals surface area contributed by atoms with Gasteiger partial charge in [0.05, 0.1) is 34.7 Å². The molecule has 0 saturated heterocycles. The first-order valence-electron chi connectivity index (χ1n) is 8.68. The van der Waals surface area contributed by atoms with E-state index >= 15 is 0 Å². The molecule has 3 aromatic rings. The molecule has 6 nitrogen and oxygen atoms in total. The molecule has 0 bridgehead atoms. The maximum atomic E-state index is 13.2. The normalized spacial score (nSPS) is 12.3. The van der Waals surface area contributed by atoms with Crippen molar-refractivity contribution < 1.29 is 26.3 Å². The van der Waals surface area contributed by atoms with E-state index in [-0.39, 0.29) is 17.1 Å². The lowest BCUT2D eigenvalue weighted by Crippen LogP contribution is -2.13.